The van der Waals surface area contributed by atoms with Gasteiger partial charge in [-0.05, 0) is 56.9 Å². The molecule has 0 radical (unpaired) electrons. The second-order valence-corrected chi connectivity index (χ2v) is 10.5. The molecule has 0 aliphatic carbocycles. The van der Waals surface area contributed by atoms with Crippen LogP contribution in [0.5, 0.6) is 0 Å². The molecule has 0 bridgehead atoms. The van der Waals surface area contributed by atoms with Crippen LogP contribution in [0.4, 0.5) is 5.82 Å². The molecule has 2 aliphatic heterocycles. The van der Waals surface area contributed by atoms with Gasteiger partial charge in [0.1, 0.15) is 5.82 Å². The summed E-state index contributed by atoms with van der Waals surface area (Å²) in [5.74, 6) is 0.633. The quantitative estimate of drug-likeness (QED) is 0.522. The summed E-state index contributed by atoms with van der Waals surface area (Å²) in [7, 11) is 0. The lowest BCUT2D eigenvalue weighted by atomic mass is 9.95. The number of likely N-dealkylation sites (tertiary alicyclic amines) is 1. The summed E-state index contributed by atoms with van der Waals surface area (Å²) in [6, 6.07) is 11.6. The minimum atomic E-state index is -0.139. The number of carbonyl (C=O) groups is 1. The minimum absolute atomic E-state index is 0. The number of piperazine rings is 1. The summed E-state index contributed by atoms with van der Waals surface area (Å²) in [6.07, 6.45) is 5.11. The number of hydrogen-bond donors (Lipinski definition) is 1. The number of benzene rings is 1. The third-order valence-corrected chi connectivity index (χ3v) is 7.98. The maximum atomic E-state index is 12.1. The van der Waals surface area contributed by atoms with Gasteiger partial charge in [-0.25, -0.2) is 4.98 Å². The average Bonchev–Trinajstić information content (AvgIpc) is 2.86. The van der Waals surface area contributed by atoms with Gasteiger partial charge in [-0.1, -0.05) is 42.3 Å². The van der Waals surface area contributed by atoms with Crippen LogP contribution in [0, 0.1) is 0 Å². The zero-order chi connectivity index (χ0) is 24.9. The van der Waals surface area contributed by atoms with Gasteiger partial charge in [0.15, 0.2) is 0 Å². The summed E-state index contributed by atoms with van der Waals surface area (Å²) >= 11 is 12.7. The second-order valence-electron chi connectivity index (χ2n) is 9.66. The zero-order valence-electron chi connectivity index (χ0n) is 21.0. The molecule has 35 heavy (non-hydrogen) atoms. The molecule has 0 saturated carbocycles. The summed E-state index contributed by atoms with van der Waals surface area (Å²) < 4.78 is 0. The van der Waals surface area contributed by atoms with E-state index in [1.165, 1.54) is 18.4 Å². The lowest BCUT2D eigenvalue weighted by Crippen LogP contribution is -2.57. The van der Waals surface area contributed by atoms with Gasteiger partial charge in [-0.15, -0.1) is 0 Å². The number of pyridine rings is 1. The highest BCUT2D eigenvalue weighted by molar-refractivity contribution is 6.33. The van der Waals surface area contributed by atoms with Crippen LogP contribution in [0.2, 0.25) is 10.0 Å². The highest BCUT2D eigenvalue weighted by Crippen LogP contribution is 2.32. The topological polar surface area (TPSA) is 51.7 Å². The summed E-state index contributed by atoms with van der Waals surface area (Å²) in [5.41, 5.74) is 1.86. The molecule has 6 nitrogen and oxygen atoms in total. The minimum Gasteiger partial charge on any atom is -0.353 e. The Morgan fingerprint density at radius 1 is 1.14 bits per heavy atom. The molecule has 1 aromatic carbocycles. The van der Waals surface area contributed by atoms with Gasteiger partial charge in [-0.2, -0.15) is 0 Å². The van der Waals surface area contributed by atoms with Crippen molar-refractivity contribution in [3.63, 3.8) is 0 Å². The van der Waals surface area contributed by atoms with Crippen LogP contribution in [-0.4, -0.2) is 72.0 Å². The van der Waals surface area contributed by atoms with E-state index >= 15 is 0 Å². The molecule has 8 heteroatoms. The van der Waals surface area contributed by atoms with Crippen molar-refractivity contribution in [2.24, 2.45) is 0 Å². The number of anilines is 1. The number of halogens is 2. The van der Waals surface area contributed by atoms with Crippen LogP contribution in [0.3, 0.4) is 0 Å². The fraction of sp³-hybridized carbons (Fsp3) is 0.556. The van der Waals surface area contributed by atoms with Crippen LogP contribution in [-0.2, 0) is 0 Å². The maximum Gasteiger partial charge on any atom is 0.252 e. The first kappa shape index (κ1) is 26.2. The largest absolute Gasteiger partial charge is 0.353 e. The Balaban J connectivity index is 0.00000361. The highest BCUT2D eigenvalue weighted by atomic mass is 35.5. The van der Waals surface area contributed by atoms with E-state index in [9.17, 15) is 4.79 Å². The molecule has 1 N–H and O–H groups in total. The van der Waals surface area contributed by atoms with Crippen molar-refractivity contribution in [3.8, 4) is 0 Å². The van der Waals surface area contributed by atoms with E-state index in [4.69, 9.17) is 23.2 Å². The summed E-state index contributed by atoms with van der Waals surface area (Å²) in [6.45, 7) is 12.1. The van der Waals surface area contributed by atoms with Gasteiger partial charge in [-0.3, -0.25) is 14.6 Å². The molecule has 2 fully saturated rings. The van der Waals surface area contributed by atoms with E-state index in [0.717, 1.165) is 50.0 Å². The maximum absolute atomic E-state index is 12.1. The Hall–Kier alpha value is -1.86. The van der Waals surface area contributed by atoms with Crippen molar-refractivity contribution in [2.45, 2.75) is 58.2 Å². The number of carbonyl (C=O) groups excluding carboxylic acids is 1. The molecular formula is C27H39Cl2N5O. The third kappa shape index (κ3) is 6.11. The van der Waals surface area contributed by atoms with E-state index in [1.807, 2.05) is 19.1 Å². The van der Waals surface area contributed by atoms with Crippen molar-refractivity contribution in [3.05, 3.63) is 57.7 Å². The normalized spacial score (nSPS) is 21.2. The predicted molar refractivity (Wildman–Crippen MR) is 147 cm³/mol. The van der Waals surface area contributed by atoms with Gasteiger partial charge in [0, 0.05) is 70.0 Å². The fourth-order valence-electron chi connectivity index (χ4n) is 5.68. The summed E-state index contributed by atoms with van der Waals surface area (Å²) in [4.78, 5) is 24.2. The Morgan fingerprint density at radius 3 is 2.46 bits per heavy atom. The SMILES string of the molecule is CCNC(=O)c1cnc(N2CCN(C3CCN(C(CC)c4ccc(Cl)cc4)CC3)[C@@H](C)C2)c(Cl)c1.[HH]. The molecule has 192 valence electrons. The molecule has 2 aliphatic rings. The van der Waals surface area contributed by atoms with Crippen molar-refractivity contribution in [1.82, 2.24) is 20.1 Å². The van der Waals surface area contributed by atoms with Crippen LogP contribution >= 0.6 is 23.2 Å². The van der Waals surface area contributed by atoms with Gasteiger partial charge in [0.25, 0.3) is 5.91 Å². The number of aromatic nitrogens is 1. The molecular weight excluding hydrogens is 481 g/mol. The molecule has 0 spiro atoms. The average molecular weight is 521 g/mol. The van der Waals surface area contributed by atoms with Gasteiger partial charge in [0.2, 0.25) is 0 Å². The molecule has 1 unspecified atom stereocenters. The standard InChI is InChI=1S/C27H37Cl2N5O.H2/c1-4-25(20-6-8-22(28)9-7-20)32-12-10-23(11-13-32)34-15-14-33(18-19(34)3)26-24(29)16-21(17-31-26)27(35)30-5-2;/h6-9,16-17,19,23,25H,4-5,10-15,18H2,1-3H3,(H,30,35);1H/t19-,25?;/m0./s1. The van der Waals surface area contributed by atoms with Crippen molar-refractivity contribution < 1.29 is 6.22 Å². The van der Waals surface area contributed by atoms with Crippen LogP contribution in [0.25, 0.3) is 0 Å². The number of nitrogens with zero attached hydrogens (tertiary/aromatic N) is 4. The molecule has 1 aromatic heterocycles. The van der Waals surface area contributed by atoms with Crippen LogP contribution in [0.1, 0.15) is 63.4 Å². The van der Waals surface area contributed by atoms with Crippen LogP contribution < -0.4 is 10.2 Å². The lowest BCUT2D eigenvalue weighted by Gasteiger charge is -2.47. The van der Waals surface area contributed by atoms with E-state index < -0.39 is 0 Å². The van der Waals surface area contributed by atoms with Crippen LogP contribution in [0.15, 0.2) is 36.5 Å². The molecule has 2 atom stereocenters. The molecule has 4 rings (SSSR count). The monoisotopic (exact) mass is 519 g/mol. The number of piperidine rings is 1. The number of amides is 1. The Kier molecular flexibility index (Phi) is 8.92. The Labute approximate surface area is 221 Å². The predicted octanol–water partition coefficient (Wildman–Crippen LogP) is 5.51. The van der Waals surface area contributed by atoms with E-state index in [2.05, 4.69) is 51.0 Å². The first-order chi connectivity index (χ1) is 16.9. The second kappa shape index (κ2) is 11.9. The first-order valence-corrected chi connectivity index (χ1v) is 13.6. The third-order valence-electron chi connectivity index (χ3n) is 7.45. The van der Waals surface area contributed by atoms with E-state index in [-0.39, 0.29) is 7.33 Å². The summed E-state index contributed by atoms with van der Waals surface area (Å²) in [5, 5.41) is 4.13. The van der Waals surface area contributed by atoms with Crippen molar-refractivity contribution >= 4 is 34.9 Å². The lowest BCUT2D eigenvalue weighted by molar-refractivity contribution is 0.0543. The smallest absolute Gasteiger partial charge is 0.252 e. The molecule has 1 amide bonds. The first-order valence-electron chi connectivity index (χ1n) is 12.8. The van der Waals surface area contributed by atoms with Crippen molar-refractivity contribution in [2.75, 3.05) is 44.2 Å². The van der Waals surface area contributed by atoms with E-state index in [1.54, 1.807) is 12.3 Å². The Morgan fingerprint density at radius 2 is 1.86 bits per heavy atom. The fourth-order valence-corrected chi connectivity index (χ4v) is 6.09. The molecule has 3 heterocycles. The number of hydrogen-bond acceptors (Lipinski definition) is 5. The van der Waals surface area contributed by atoms with Crippen molar-refractivity contribution in [1.29, 1.82) is 0 Å². The number of nitrogens with one attached hydrogen (secondary N) is 1. The highest BCUT2D eigenvalue weighted by Gasteiger charge is 2.34. The Bertz CT molecular complexity index is 1000. The molecule has 2 saturated heterocycles. The van der Waals surface area contributed by atoms with Gasteiger partial charge < -0.3 is 10.2 Å². The van der Waals surface area contributed by atoms with Gasteiger partial charge in [0.05, 0.1) is 10.6 Å². The number of rotatable bonds is 7. The molecule has 2 aromatic rings. The van der Waals surface area contributed by atoms with E-state index in [0.29, 0.717) is 35.3 Å². The van der Waals surface area contributed by atoms with Gasteiger partial charge >= 0.3 is 0 Å². The zero-order valence-corrected chi connectivity index (χ0v) is 22.5.